The van der Waals surface area contributed by atoms with Gasteiger partial charge in [-0.25, -0.2) is 4.39 Å². The second kappa shape index (κ2) is 6.73. The monoisotopic (exact) mass is 293 g/mol. The van der Waals surface area contributed by atoms with Gasteiger partial charge in [0.15, 0.2) is 0 Å². The normalized spacial score (nSPS) is 12.2. The van der Waals surface area contributed by atoms with E-state index in [2.05, 4.69) is 5.32 Å². The van der Waals surface area contributed by atoms with Crippen LogP contribution in [-0.2, 0) is 0 Å². The molecule has 0 radical (unpaired) electrons. The van der Waals surface area contributed by atoms with Gasteiger partial charge in [0.25, 0.3) is 0 Å². The summed E-state index contributed by atoms with van der Waals surface area (Å²) in [6.45, 7) is 2.80. The van der Waals surface area contributed by atoms with Crippen LogP contribution < -0.4 is 10.1 Å². The first kappa shape index (κ1) is 14.8. The molecule has 0 saturated carbocycles. The number of methoxy groups -OCH3 is 1. The smallest absolute Gasteiger partial charge is 0.123 e. The van der Waals surface area contributed by atoms with Crippen LogP contribution in [0.2, 0.25) is 5.02 Å². The van der Waals surface area contributed by atoms with Gasteiger partial charge in [-0.1, -0.05) is 36.7 Å². The molecule has 0 heterocycles. The molecule has 0 bridgehead atoms. The van der Waals surface area contributed by atoms with Crippen LogP contribution >= 0.6 is 11.6 Å². The molecule has 0 fully saturated rings. The quantitative estimate of drug-likeness (QED) is 0.892. The van der Waals surface area contributed by atoms with E-state index in [1.54, 1.807) is 25.3 Å². The van der Waals surface area contributed by atoms with Gasteiger partial charge in [-0.3, -0.25) is 0 Å². The Hall–Kier alpha value is -1.58. The maximum absolute atomic E-state index is 13.1. The summed E-state index contributed by atoms with van der Waals surface area (Å²) in [7, 11) is 1.60. The lowest BCUT2D eigenvalue weighted by Gasteiger charge is -2.20. The van der Waals surface area contributed by atoms with E-state index >= 15 is 0 Å². The number of hydrogen-bond donors (Lipinski definition) is 1. The van der Waals surface area contributed by atoms with Crippen molar-refractivity contribution in [1.29, 1.82) is 0 Å². The molecule has 20 heavy (non-hydrogen) atoms. The Morgan fingerprint density at radius 1 is 1.20 bits per heavy atom. The summed E-state index contributed by atoms with van der Waals surface area (Å²) in [6, 6.07) is 12.0. The number of rotatable bonds is 5. The maximum atomic E-state index is 13.1. The molecule has 1 unspecified atom stereocenters. The first-order valence-electron chi connectivity index (χ1n) is 6.48. The standard InChI is InChI=1S/C16H17ClFNO/c1-3-19-16(11-4-6-12(18)7-5-11)14-9-8-13(20-2)10-15(14)17/h4-10,16,19H,3H2,1-2H3. The van der Waals surface area contributed by atoms with Crippen LogP contribution in [-0.4, -0.2) is 13.7 Å². The van der Waals surface area contributed by atoms with Crippen molar-refractivity contribution in [2.75, 3.05) is 13.7 Å². The highest BCUT2D eigenvalue weighted by Crippen LogP contribution is 2.31. The molecule has 4 heteroatoms. The van der Waals surface area contributed by atoms with Crippen LogP contribution in [0.3, 0.4) is 0 Å². The SMILES string of the molecule is CCNC(c1ccc(F)cc1)c1ccc(OC)cc1Cl. The lowest BCUT2D eigenvalue weighted by atomic mass is 9.98. The summed E-state index contributed by atoms with van der Waals surface area (Å²) in [5.74, 6) is 0.470. The molecule has 2 rings (SSSR count). The van der Waals surface area contributed by atoms with Crippen LogP contribution in [0.1, 0.15) is 24.1 Å². The molecule has 1 atom stereocenters. The first-order valence-corrected chi connectivity index (χ1v) is 6.85. The molecule has 0 aromatic heterocycles. The van der Waals surface area contributed by atoms with E-state index in [9.17, 15) is 4.39 Å². The number of benzene rings is 2. The van der Waals surface area contributed by atoms with Crippen molar-refractivity contribution in [3.05, 3.63) is 64.4 Å². The number of ether oxygens (including phenoxy) is 1. The van der Waals surface area contributed by atoms with Crippen LogP contribution in [0.15, 0.2) is 42.5 Å². The zero-order valence-electron chi connectivity index (χ0n) is 11.5. The third-order valence-electron chi connectivity index (χ3n) is 3.13. The van der Waals surface area contributed by atoms with Crippen LogP contribution in [0.25, 0.3) is 0 Å². The highest BCUT2D eigenvalue weighted by atomic mass is 35.5. The van der Waals surface area contributed by atoms with Gasteiger partial charge in [-0.2, -0.15) is 0 Å². The summed E-state index contributed by atoms with van der Waals surface area (Å²) in [5, 5.41) is 3.99. The second-order valence-electron chi connectivity index (χ2n) is 4.43. The van der Waals surface area contributed by atoms with Gasteiger partial charge in [-0.05, 0) is 41.9 Å². The number of halogens is 2. The van der Waals surface area contributed by atoms with E-state index in [0.29, 0.717) is 10.8 Å². The molecule has 2 aromatic rings. The molecule has 0 amide bonds. The van der Waals surface area contributed by atoms with Gasteiger partial charge in [0, 0.05) is 5.02 Å². The van der Waals surface area contributed by atoms with E-state index in [1.807, 2.05) is 19.1 Å². The van der Waals surface area contributed by atoms with Gasteiger partial charge in [0.2, 0.25) is 0 Å². The number of nitrogens with one attached hydrogen (secondary N) is 1. The third kappa shape index (κ3) is 3.30. The van der Waals surface area contributed by atoms with E-state index in [0.717, 1.165) is 17.7 Å². The fourth-order valence-electron chi connectivity index (χ4n) is 2.14. The van der Waals surface area contributed by atoms with Crippen molar-refractivity contribution in [2.45, 2.75) is 13.0 Å². The third-order valence-corrected chi connectivity index (χ3v) is 3.46. The second-order valence-corrected chi connectivity index (χ2v) is 4.84. The zero-order valence-corrected chi connectivity index (χ0v) is 12.2. The Balaban J connectivity index is 2.40. The Bertz CT molecular complexity index is 571. The van der Waals surface area contributed by atoms with Gasteiger partial charge in [0.1, 0.15) is 11.6 Å². The van der Waals surface area contributed by atoms with Crippen molar-refractivity contribution in [3.8, 4) is 5.75 Å². The van der Waals surface area contributed by atoms with Crippen LogP contribution in [0.5, 0.6) is 5.75 Å². The van der Waals surface area contributed by atoms with Gasteiger partial charge >= 0.3 is 0 Å². The Morgan fingerprint density at radius 2 is 1.90 bits per heavy atom. The summed E-state index contributed by atoms with van der Waals surface area (Å²) >= 11 is 6.33. The predicted octanol–water partition coefficient (Wildman–Crippen LogP) is 4.19. The first-order chi connectivity index (χ1) is 9.65. The Morgan fingerprint density at radius 3 is 2.45 bits per heavy atom. The minimum Gasteiger partial charge on any atom is -0.497 e. The average molecular weight is 294 g/mol. The van der Waals surface area contributed by atoms with Gasteiger partial charge in [0.05, 0.1) is 13.2 Å². The highest BCUT2D eigenvalue weighted by Gasteiger charge is 2.16. The summed E-state index contributed by atoms with van der Waals surface area (Å²) in [4.78, 5) is 0. The van der Waals surface area contributed by atoms with Crippen LogP contribution in [0, 0.1) is 5.82 Å². The minimum absolute atomic E-state index is 0.0704. The zero-order chi connectivity index (χ0) is 14.5. The van der Waals surface area contributed by atoms with Crippen molar-refractivity contribution in [2.24, 2.45) is 0 Å². The van der Waals surface area contributed by atoms with Crippen molar-refractivity contribution >= 4 is 11.6 Å². The molecule has 2 aromatic carbocycles. The molecule has 0 aliphatic rings. The number of hydrogen-bond acceptors (Lipinski definition) is 2. The summed E-state index contributed by atoms with van der Waals surface area (Å²) in [6.07, 6.45) is 0. The fraction of sp³-hybridized carbons (Fsp3) is 0.250. The molecule has 2 nitrogen and oxygen atoms in total. The molecule has 1 N–H and O–H groups in total. The van der Waals surface area contributed by atoms with Gasteiger partial charge < -0.3 is 10.1 Å². The molecule has 0 saturated heterocycles. The fourth-order valence-corrected chi connectivity index (χ4v) is 2.42. The molecule has 0 aliphatic carbocycles. The topological polar surface area (TPSA) is 21.3 Å². The molecular formula is C16H17ClFNO. The van der Waals surface area contributed by atoms with Crippen LogP contribution in [0.4, 0.5) is 4.39 Å². The lowest BCUT2D eigenvalue weighted by Crippen LogP contribution is -2.22. The highest BCUT2D eigenvalue weighted by molar-refractivity contribution is 6.31. The lowest BCUT2D eigenvalue weighted by molar-refractivity contribution is 0.414. The maximum Gasteiger partial charge on any atom is 0.123 e. The van der Waals surface area contributed by atoms with E-state index in [-0.39, 0.29) is 11.9 Å². The van der Waals surface area contributed by atoms with Gasteiger partial charge in [-0.15, -0.1) is 0 Å². The van der Waals surface area contributed by atoms with Crippen molar-refractivity contribution in [1.82, 2.24) is 5.32 Å². The molecule has 0 spiro atoms. The van der Waals surface area contributed by atoms with E-state index in [4.69, 9.17) is 16.3 Å². The molecular weight excluding hydrogens is 277 g/mol. The Kier molecular flexibility index (Phi) is 4.99. The summed E-state index contributed by atoms with van der Waals surface area (Å²) < 4.78 is 18.2. The molecule has 0 aliphatic heterocycles. The van der Waals surface area contributed by atoms with Crippen molar-refractivity contribution in [3.63, 3.8) is 0 Å². The molecule has 106 valence electrons. The Labute approximate surface area is 123 Å². The summed E-state index contributed by atoms with van der Waals surface area (Å²) in [5.41, 5.74) is 1.92. The largest absolute Gasteiger partial charge is 0.497 e. The van der Waals surface area contributed by atoms with E-state index < -0.39 is 0 Å². The van der Waals surface area contributed by atoms with Crippen molar-refractivity contribution < 1.29 is 9.13 Å². The average Bonchev–Trinajstić information content (AvgIpc) is 2.46. The predicted molar refractivity (Wildman–Crippen MR) is 79.9 cm³/mol. The van der Waals surface area contributed by atoms with E-state index in [1.165, 1.54) is 12.1 Å². The minimum atomic E-state index is -0.246.